The van der Waals surface area contributed by atoms with Crippen molar-refractivity contribution in [3.05, 3.63) is 0 Å². The lowest BCUT2D eigenvalue weighted by molar-refractivity contribution is 0.184. The van der Waals surface area contributed by atoms with Crippen molar-refractivity contribution in [2.75, 3.05) is 26.2 Å². The second-order valence-corrected chi connectivity index (χ2v) is 5.25. The third kappa shape index (κ3) is 7.89. The van der Waals surface area contributed by atoms with E-state index < -0.39 is 0 Å². The van der Waals surface area contributed by atoms with E-state index in [-0.39, 0.29) is 5.79 Å². The number of nitrogens with one attached hydrogen (secondary N) is 4. The van der Waals surface area contributed by atoms with E-state index in [0.29, 0.717) is 0 Å². The van der Waals surface area contributed by atoms with Gasteiger partial charge in [0.15, 0.2) is 0 Å². The number of hydrogen-bond acceptors (Lipinski definition) is 4. The van der Waals surface area contributed by atoms with Crippen LogP contribution in [0, 0.1) is 0 Å². The highest BCUT2D eigenvalue weighted by Gasteiger charge is 2.26. The summed E-state index contributed by atoms with van der Waals surface area (Å²) in [6.45, 7) is 10.8. The molecule has 0 aliphatic heterocycles. The second kappa shape index (κ2) is 11.2. The molecule has 0 spiro atoms. The average molecular weight is 261 g/mol. The SMILES string of the molecule is CCCNC(CCN[SiH3])(NCCC)NCCC. The highest BCUT2D eigenvalue weighted by atomic mass is 28.2. The molecule has 0 aromatic rings. The predicted octanol–water partition coefficient (Wildman–Crippen LogP) is -0.101. The van der Waals surface area contributed by atoms with E-state index in [9.17, 15) is 0 Å². The van der Waals surface area contributed by atoms with Crippen LogP contribution in [0.25, 0.3) is 0 Å². The minimum atomic E-state index is -0.0839. The molecule has 0 saturated heterocycles. The van der Waals surface area contributed by atoms with Crippen LogP contribution in [-0.2, 0) is 0 Å². The summed E-state index contributed by atoms with van der Waals surface area (Å²) in [6.07, 6.45) is 4.57. The fourth-order valence-corrected chi connectivity index (χ4v) is 2.03. The largest absolute Gasteiger partial charge is 0.345 e. The maximum Gasteiger partial charge on any atom is 0.124 e. The second-order valence-electron chi connectivity index (χ2n) is 4.54. The zero-order valence-corrected chi connectivity index (χ0v) is 14.2. The summed E-state index contributed by atoms with van der Waals surface area (Å²) in [5.41, 5.74) is 0. The van der Waals surface area contributed by atoms with Crippen LogP contribution in [0.1, 0.15) is 46.5 Å². The van der Waals surface area contributed by atoms with E-state index in [0.717, 1.165) is 62.3 Å². The van der Waals surface area contributed by atoms with Gasteiger partial charge in [-0.25, -0.2) is 0 Å². The van der Waals surface area contributed by atoms with Crippen molar-refractivity contribution in [2.45, 2.75) is 52.2 Å². The molecule has 0 bridgehead atoms. The minimum absolute atomic E-state index is 0.0839. The summed E-state index contributed by atoms with van der Waals surface area (Å²) in [7, 11) is 1.06. The Hall–Kier alpha value is 0.0569. The molecule has 0 fully saturated rings. The lowest BCUT2D eigenvalue weighted by atomic mass is 10.2. The van der Waals surface area contributed by atoms with Crippen molar-refractivity contribution >= 4 is 10.4 Å². The molecule has 5 heteroatoms. The molecule has 0 amide bonds. The van der Waals surface area contributed by atoms with E-state index in [4.69, 9.17) is 0 Å². The fourth-order valence-electron chi connectivity index (χ4n) is 1.78. The van der Waals surface area contributed by atoms with Gasteiger partial charge in [0.1, 0.15) is 5.79 Å². The topological polar surface area (TPSA) is 48.1 Å². The maximum absolute atomic E-state index is 3.64. The fraction of sp³-hybridized carbons (Fsp3) is 1.00. The maximum atomic E-state index is 3.64. The van der Waals surface area contributed by atoms with Gasteiger partial charge in [-0.05, 0) is 45.4 Å². The Balaban J connectivity index is 4.39. The Morgan fingerprint density at radius 1 is 0.765 bits per heavy atom. The van der Waals surface area contributed by atoms with Crippen LogP contribution < -0.4 is 20.9 Å². The lowest BCUT2D eigenvalue weighted by Crippen LogP contribution is -2.67. The summed E-state index contributed by atoms with van der Waals surface area (Å²) in [5.74, 6) is -0.0839. The normalized spacial score (nSPS) is 12.2. The first-order valence-corrected chi connectivity index (χ1v) is 8.14. The Bertz CT molecular complexity index is 129. The van der Waals surface area contributed by atoms with Crippen LogP contribution in [0.2, 0.25) is 0 Å². The van der Waals surface area contributed by atoms with Gasteiger partial charge in [-0.1, -0.05) is 20.8 Å². The van der Waals surface area contributed by atoms with Gasteiger partial charge >= 0.3 is 0 Å². The monoisotopic (exact) mass is 260 g/mol. The molecule has 0 radical (unpaired) electrons. The van der Waals surface area contributed by atoms with Crippen molar-refractivity contribution in [3.63, 3.8) is 0 Å². The van der Waals surface area contributed by atoms with Crippen molar-refractivity contribution in [1.29, 1.82) is 0 Å². The summed E-state index contributed by atoms with van der Waals surface area (Å²) in [4.78, 5) is 3.37. The smallest absolute Gasteiger partial charge is 0.124 e. The van der Waals surface area contributed by atoms with Gasteiger partial charge in [-0.15, -0.1) is 0 Å². The molecule has 0 unspecified atom stereocenters. The molecule has 0 rings (SSSR count). The summed E-state index contributed by atoms with van der Waals surface area (Å²) in [5, 5.41) is 10.9. The first kappa shape index (κ1) is 17.1. The molecule has 0 saturated carbocycles. The van der Waals surface area contributed by atoms with Crippen LogP contribution in [-0.4, -0.2) is 42.4 Å². The molecule has 0 heterocycles. The Labute approximate surface area is 110 Å². The van der Waals surface area contributed by atoms with Crippen molar-refractivity contribution in [1.82, 2.24) is 20.9 Å². The van der Waals surface area contributed by atoms with E-state index in [1.807, 2.05) is 0 Å². The van der Waals surface area contributed by atoms with Gasteiger partial charge in [-0.3, -0.25) is 16.0 Å². The third-order valence-corrected chi connectivity index (χ3v) is 3.28. The average Bonchev–Trinajstić information content (AvgIpc) is 2.37. The minimum Gasteiger partial charge on any atom is -0.345 e. The Kier molecular flexibility index (Phi) is 11.2. The molecule has 0 aromatic heterocycles. The summed E-state index contributed by atoms with van der Waals surface area (Å²) >= 11 is 0. The molecular weight excluding hydrogens is 228 g/mol. The summed E-state index contributed by atoms with van der Waals surface area (Å²) < 4.78 is 0. The quantitative estimate of drug-likeness (QED) is 0.292. The zero-order valence-electron chi connectivity index (χ0n) is 12.2. The highest BCUT2D eigenvalue weighted by molar-refractivity contribution is 6.04. The van der Waals surface area contributed by atoms with Gasteiger partial charge in [0, 0.05) is 6.42 Å². The van der Waals surface area contributed by atoms with Gasteiger partial charge in [0.25, 0.3) is 0 Å². The van der Waals surface area contributed by atoms with E-state index in [1.54, 1.807) is 0 Å². The number of rotatable bonds is 12. The molecule has 0 aliphatic carbocycles. The Morgan fingerprint density at radius 3 is 1.47 bits per heavy atom. The standard InChI is InChI=1S/C12H32N4Si/c1-4-8-13-12(7-11-16-17,14-9-5-2)15-10-6-3/h13-16H,4-11H2,1-3,17H3. The van der Waals surface area contributed by atoms with Crippen LogP contribution in [0.4, 0.5) is 0 Å². The van der Waals surface area contributed by atoms with Gasteiger partial charge < -0.3 is 4.98 Å². The van der Waals surface area contributed by atoms with Gasteiger partial charge in [0.05, 0.1) is 10.4 Å². The Morgan fingerprint density at radius 2 is 1.18 bits per heavy atom. The molecule has 4 N–H and O–H groups in total. The highest BCUT2D eigenvalue weighted by Crippen LogP contribution is 2.03. The van der Waals surface area contributed by atoms with Crippen molar-refractivity contribution < 1.29 is 0 Å². The zero-order chi connectivity index (χ0) is 13.0. The number of hydrogen-bond donors (Lipinski definition) is 4. The predicted molar refractivity (Wildman–Crippen MR) is 80.2 cm³/mol. The molecule has 0 atom stereocenters. The third-order valence-electron chi connectivity index (χ3n) is 2.78. The molecule has 104 valence electrons. The first-order valence-electron chi connectivity index (χ1n) is 7.14. The van der Waals surface area contributed by atoms with Crippen LogP contribution in [0.5, 0.6) is 0 Å². The van der Waals surface area contributed by atoms with Crippen molar-refractivity contribution in [2.24, 2.45) is 0 Å². The lowest BCUT2D eigenvalue weighted by Gasteiger charge is -2.37. The molecule has 4 nitrogen and oxygen atoms in total. The van der Waals surface area contributed by atoms with Gasteiger partial charge in [0.2, 0.25) is 0 Å². The van der Waals surface area contributed by atoms with Crippen LogP contribution >= 0.6 is 0 Å². The molecule has 0 aliphatic rings. The summed E-state index contributed by atoms with van der Waals surface area (Å²) in [6, 6.07) is 0. The van der Waals surface area contributed by atoms with Gasteiger partial charge in [-0.2, -0.15) is 0 Å². The first-order chi connectivity index (χ1) is 8.24. The molecular formula is C12H32N4Si. The van der Waals surface area contributed by atoms with E-state index >= 15 is 0 Å². The van der Waals surface area contributed by atoms with E-state index in [2.05, 4.69) is 41.7 Å². The van der Waals surface area contributed by atoms with Crippen molar-refractivity contribution in [3.8, 4) is 0 Å². The molecule has 0 aromatic carbocycles. The molecule has 17 heavy (non-hydrogen) atoms. The van der Waals surface area contributed by atoms with Crippen LogP contribution in [0.15, 0.2) is 0 Å². The van der Waals surface area contributed by atoms with E-state index in [1.165, 1.54) is 0 Å². The van der Waals surface area contributed by atoms with Crippen LogP contribution in [0.3, 0.4) is 0 Å².